The van der Waals surface area contributed by atoms with E-state index < -0.39 is 0 Å². The summed E-state index contributed by atoms with van der Waals surface area (Å²) in [7, 11) is 0. The topological polar surface area (TPSA) is 55.2 Å². The molecule has 0 radical (unpaired) electrons. The van der Waals surface area contributed by atoms with Crippen LogP contribution in [0.5, 0.6) is 0 Å². The van der Waals surface area contributed by atoms with Gasteiger partial charge in [-0.15, -0.1) is 0 Å². The van der Waals surface area contributed by atoms with Crippen molar-refractivity contribution in [2.75, 3.05) is 6.54 Å². The number of amides is 1. The predicted octanol–water partition coefficient (Wildman–Crippen LogP) is 5.68. The lowest BCUT2D eigenvalue weighted by molar-refractivity contribution is -0.136. The fourth-order valence-electron chi connectivity index (χ4n) is 4.01. The Kier molecular flexibility index (Phi) is 6.87. The molecule has 0 unspecified atom stereocenters. The van der Waals surface area contributed by atoms with Crippen molar-refractivity contribution in [3.05, 3.63) is 70.3 Å². The Morgan fingerprint density at radius 2 is 1.75 bits per heavy atom. The average Bonchev–Trinajstić information content (AvgIpc) is 2.70. The van der Waals surface area contributed by atoms with Crippen molar-refractivity contribution in [1.29, 1.82) is 0 Å². The molecule has 5 heteroatoms. The minimum Gasteiger partial charge on any atom is -0.333 e. The molecule has 0 aliphatic carbocycles. The Bertz CT molecular complexity index is 1170. The predicted molar refractivity (Wildman–Crippen MR) is 131 cm³/mol. The molecule has 1 atom stereocenters. The van der Waals surface area contributed by atoms with Gasteiger partial charge in [-0.3, -0.25) is 14.2 Å². The molecule has 0 N–H and O–H groups in total. The van der Waals surface area contributed by atoms with E-state index in [1.165, 1.54) is 0 Å². The third kappa shape index (κ3) is 5.26. The molecule has 0 bridgehead atoms. The molecule has 2 aromatic carbocycles. The summed E-state index contributed by atoms with van der Waals surface area (Å²) in [6, 6.07) is 14.9. The largest absolute Gasteiger partial charge is 0.333 e. The van der Waals surface area contributed by atoms with Crippen LogP contribution in [0.15, 0.2) is 53.3 Å². The number of hydrogen-bond acceptors (Lipinski definition) is 3. The number of para-hydroxylation sites is 1. The maximum Gasteiger partial charge on any atom is 0.266 e. The molecule has 1 heterocycles. The highest BCUT2D eigenvalue weighted by Gasteiger charge is 2.29. The van der Waals surface area contributed by atoms with Gasteiger partial charge in [-0.05, 0) is 55.0 Å². The number of aryl methyl sites for hydroxylation is 1. The fraction of sp³-hybridized carbons (Fsp3) is 0.444. The van der Waals surface area contributed by atoms with Crippen molar-refractivity contribution in [2.45, 2.75) is 60.9 Å². The lowest BCUT2D eigenvalue weighted by Gasteiger charge is -2.34. The van der Waals surface area contributed by atoms with Gasteiger partial charge in [0.2, 0.25) is 5.91 Å². The van der Waals surface area contributed by atoms with Crippen LogP contribution in [0.4, 0.5) is 0 Å². The summed E-state index contributed by atoms with van der Waals surface area (Å²) in [5.41, 5.74) is 2.23. The molecule has 3 aromatic rings. The summed E-state index contributed by atoms with van der Waals surface area (Å²) >= 11 is 0. The van der Waals surface area contributed by atoms with Crippen LogP contribution < -0.4 is 5.56 Å². The second-order valence-corrected chi connectivity index (χ2v) is 10.3. The van der Waals surface area contributed by atoms with Crippen LogP contribution >= 0.6 is 0 Å². The highest BCUT2D eigenvalue weighted by molar-refractivity contribution is 5.79. The number of benzene rings is 2. The third-order valence-electron chi connectivity index (χ3n) is 5.47. The quantitative estimate of drug-likeness (QED) is 0.503. The van der Waals surface area contributed by atoms with Crippen molar-refractivity contribution < 1.29 is 4.79 Å². The van der Waals surface area contributed by atoms with E-state index in [0.29, 0.717) is 35.6 Å². The molecule has 170 valence electrons. The highest BCUT2D eigenvalue weighted by atomic mass is 16.2. The zero-order valence-corrected chi connectivity index (χ0v) is 20.3. The fourth-order valence-corrected chi connectivity index (χ4v) is 4.01. The minimum absolute atomic E-state index is 0.0805. The average molecular weight is 434 g/mol. The summed E-state index contributed by atoms with van der Waals surface area (Å²) in [4.78, 5) is 33.8. The van der Waals surface area contributed by atoms with Gasteiger partial charge >= 0.3 is 0 Å². The first-order valence-corrected chi connectivity index (χ1v) is 11.4. The van der Waals surface area contributed by atoms with Gasteiger partial charge in [-0.25, -0.2) is 4.98 Å². The summed E-state index contributed by atoms with van der Waals surface area (Å²) in [5.74, 6) is 0.958. The lowest BCUT2D eigenvalue weighted by atomic mass is 9.91. The number of rotatable bonds is 6. The second-order valence-electron chi connectivity index (χ2n) is 10.3. The van der Waals surface area contributed by atoms with Crippen molar-refractivity contribution in [3.63, 3.8) is 0 Å². The second kappa shape index (κ2) is 9.27. The Labute approximate surface area is 191 Å². The van der Waals surface area contributed by atoms with E-state index in [9.17, 15) is 9.59 Å². The smallest absolute Gasteiger partial charge is 0.266 e. The number of carbonyl (C=O) groups is 1. The van der Waals surface area contributed by atoms with Gasteiger partial charge in [0.15, 0.2) is 0 Å². The van der Waals surface area contributed by atoms with Crippen LogP contribution in [0.25, 0.3) is 16.6 Å². The molecular formula is C27H35N3O2. The van der Waals surface area contributed by atoms with Crippen LogP contribution in [0, 0.1) is 18.3 Å². The highest BCUT2D eigenvalue weighted by Crippen LogP contribution is 2.28. The maximum atomic E-state index is 13.6. The molecule has 0 spiro atoms. The molecule has 3 rings (SSSR count). The third-order valence-corrected chi connectivity index (χ3v) is 5.47. The first-order chi connectivity index (χ1) is 15.0. The Morgan fingerprint density at radius 3 is 2.38 bits per heavy atom. The van der Waals surface area contributed by atoms with E-state index in [0.717, 1.165) is 11.3 Å². The molecular weight excluding hydrogens is 398 g/mol. The van der Waals surface area contributed by atoms with Gasteiger partial charge in [0.1, 0.15) is 5.82 Å². The summed E-state index contributed by atoms with van der Waals surface area (Å²) in [5, 5.41) is 0.571. The van der Waals surface area contributed by atoms with E-state index in [-0.39, 0.29) is 22.9 Å². The summed E-state index contributed by atoms with van der Waals surface area (Å²) in [6.07, 6.45) is 0.437. The molecule has 0 aliphatic heterocycles. The van der Waals surface area contributed by atoms with Gasteiger partial charge in [0.05, 0.1) is 22.6 Å². The number of aromatic nitrogens is 2. The zero-order chi connectivity index (χ0) is 23.6. The first-order valence-electron chi connectivity index (χ1n) is 11.4. The van der Waals surface area contributed by atoms with Gasteiger partial charge < -0.3 is 4.90 Å². The van der Waals surface area contributed by atoms with Gasteiger partial charge in [0.25, 0.3) is 5.56 Å². The monoisotopic (exact) mass is 433 g/mol. The number of fused-ring (bicyclic) bond motifs is 1. The molecule has 0 aliphatic rings. The Hall–Kier alpha value is -2.95. The standard InChI is InChI=1S/C27H35N3O2/c1-18(2)17-29(24(31)16-27(5,6)7)20(4)25-28-23-14-9-8-13-22(23)26(32)30(25)21-12-10-11-19(3)15-21/h8-15,18,20H,16-17H2,1-7H3/t20-/m0/s1. The molecule has 1 amide bonds. The van der Waals surface area contributed by atoms with Gasteiger partial charge in [-0.2, -0.15) is 0 Å². The van der Waals surface area contributed by atoms with E-state index in [4.69, 9.17) is 4.98 Å². The van der Waals surface area contributed by atoms with Crippen LogP contribution in [0.2, 0.25) is 0 Å². The molecule has 0 saturated carbocycles. The minimum atomic E-state index is -0.356. The Balaban J connectivity index is 2.23. The normalized spacial score (nSPS) is 12.9. The van der Waals surface area contributed by atoms with Gasteiger partial charge in [0, 0.05) is 13.0 Å². The van der Waals surface area contributed by atoms with Crippen LogP contribution in [0.1, 0.15) is 65.4 Å². The first kappa shape index (κ1) is 23.7. The molecule has 32 heavy (non-hydrogen) atoms. The molecule has 0 saturated heterocycles. The van der Waals surface area contributed by atoms with Crippen molar-refractivity contribution in [2.24, 2.45) is 11.3 Å². The van der Waals surface area contributed by atoms with Crippen LogP contribution in [-0.2, 0) is 4.79 Å². The molecule has 0 fully saturated rings. The van der Waals surface area contributed by atoms with E-state index in [2.05, 4.69) is 34.6 Å². The summed E-state index contributed by atoms with van der Waals surface area (Å²) in [6.45, 7) is 15.0. The van der Waals surface area contributed by atoms with E-state index >= 15 is 0 Å². The van der Waals surface area contributed by atoms with Crippen molar-refractivity contribution >= 4 is 16.8 Å². The number of carbonyl (C=O) groups excluding carboxylic acids is 1. The lowest BCUT2D eigenvalue weighted by Crippen LogP contribution is -2.40. The maximum absolute atomic E-state index is 13.6. The van der Waals surface area contributed by atoms with Gasteiger partial charge in [-0.1, -0.05) is 58.9 Å². The van der Waals surface area contributed by atoms with E-state index in [1.807, 2.05) is 67.3 Å². The zero-order valence-electron chi connectivity index (χ0n) is 20.3. The van der Waals surface area contributed by atoms with Crippen molar-refractivity contribution in [1.82, 2.24) is 14.5 Å². The molecule has 1 aromatic heterocycles. The Morgan fingerprint density at radius 1 is 1.06 bits per heavy atom. The summed E-state index contributed by atoms with van der Waals surface area (Å²) < 4.78 is 1.68. The van der Waals surface area contributed by atoms with Crippen LogP contribution in [-0.4, -0.2) is 26.9 Å². The number of hydrogen-bond donors (Lipinski definition) is 0. The molecule has 5 nitrogen and oxygen atoms in total. The van der Waals surface area contributed by atoms with Crippen molar-refractivity contribution in [3.8, 4) is 5.69 Å². The van der Waals surface area contributed by atoms with Crippen LogP contribution in [0.3, 0.4) is 0 Å². The number of nitrogens with zero attached hydrogens (tertiary/aromatic N) is 3. The SMILES string of the molecule is Cc1cccc(-n2c([C@H](C)N(CC(C)C)C(=O)CC(C)(C)C)nc3ccccc3c2=O)c1. The van der Waals surface area contributed by atoms with E-state index in [1.54, 1.807) is 4.57 Å².